The van der Waals surface area contributed by atoms with E-state index in [1.54, 1.807) is 12.1 Å². The van der Waals surface area contributed by atoms with Crippen LogP contribution in [0.4, 0.5) is 10.2 Å². The number of hydrogen-bond donors (Lipinski definition) is 0. The number of rotatable bonds is 5. The topological polar surface area (TPSA) is 59.7 Å². The summed E-state index contributed by atoms with van der Waals surface area (Å²) >= 11 is 0. The Morgan fingerprint density at radius 2 is 1.90 bits per heavy atom. The van der Waals surface area contributed by atoms with E-state index in [0.717, 1.165) is 23.6 Å². The molecule has 0 spiro atoms. The fourth-order valence-electron chi connectivity index (χ4n) is 3.62. The molecule has 31 heavy (non-hydrogen) atoms. The molecule has 1 aliphatic rings. The summed E-state index contributed by atoms with van der Waals surface area (Å²) in [5, 5.41) is 7.99. The van der Waals surface area contributed by atoms with Crippen LogP contribution in [0.25, 0.3) is 5.69 Å². The molecule has 6 nitrogen and oxygen atoms in total. The largest absolute Gasteiger partial charge is 0.357 e. The summed E-state index contributed by atoms with van der Waals surface area (Å²) in [6.07, 6.45) is 9.76. The second-order valence-electron chi connectivity index (χ2n) is 7.58. The summed E-state index contributed by atoms with van der Waals surface area (Å²) in [6.45, 7) is 10.5. The second-order valence-corrected chi connectivity index (χ2v) is 7.58. The Kier molecular flexibility index (Phi) is 7.87. The van der Waals surface area contributed by atoms with Crippen molar-refractivity contribution in [3.63, 3.8) is 0 Å². The van der Waals surface area contributed by atoms with Crippen molar-refractivity contribution in [3.8, 4) is 5.69 Å². The number of nitrogens with zero attached hydrogens (tertiary/aromatic N) is 6. The van der Waals surface area contributed by atoms with Crippen molar-refractivity contribution in [2.24, 2.45) is 0 Å². The van der Waals surface area contributed by atoms with Gasteiger partial charge in [0.25, 0.3) is 0 Å². The molecule has 1 fully saturated rings. The maximum Gasteiger partial charge on any atom is 0.238 e. The SMILES string of the molecule is C/C=C\Cc1nnn(-c2cccnc2F)c1C.CCc1ccc(N2CCCC2)nc1C. The molecular formula is C24H31FN6. The van der Waals surface area contributed by atoms with Crippen molar-refractivity contribution >= 4 is 5.82 Å². The van der Waals surface area contributed by atoms with Crippen LogP contribution < -0.4 is 4.90 Å². The van der Waals surface area contributed by atoms with Gasteiger partial charge in [-0.1, -0.05) is 30.4 Å². The molecule has 0 atom stereocenters. The number of halogens is 1. The van der Waals surface area contributed by atoms with Crippen molar-refractivity contribution in [2.45, 2.75) is 53.4 Å². The first-order chi connectivity index (χ1) is 15.0. The molecule has 4 heterocycles. The fraction of sp³-hybridized carbons (Fsp3) is 0.417. The predicted molar refractivity (Wildman–Crippen MR) is 122 cm³/mol. The molecule has 3 aromatic rings. The van der Waals surface area contributed by atoms with Crippen molar-refractivity contribution in [2.75, 3.05) is 18.0 Å². The van der Waals surface area contributed by atoms with E-state index in [0.29, 0.717) is 12.1 Å². The van der Waals surface area contributed by atoms with E-state index in [1.807, 2.05) is 26.0 Å². The van der Waals surface area contributed by atoms with Gasteiger partial charge in [-0.3, -0.25) is 0 Å². The molecule has 4 rings (SSSR count). The van der Waals surface area contributed by atoms with Crippen molar-refractivity contribution in [3.05, 3.63) is 71.2 Å². The number of aromatic nitrogens is 5. The summed E-state index contributed by atoms with van der Waals surface area (Å²) < 4.78 is 15.0. The maximum absolute atomic E-state index is 13.5. The Hall–Kier alpha value is -3.09. The van der Waals surface area contributed by atoms with Crippen LogP contribution in [0.1, 0.15) is 49.3 Å². The lowest BCUT2D eigenvalue weighted by molar-refractivity contribution is 0.564. The standard InChI is InChI=1S/C12H13FN4.C12H18N2/c1-3-4-6-10-9(2)17(16-15-10)11-7-5-8-14-12(11)13;1-3-11-6-7-12(13-10(11)2)14-8-4-5-9-14/h3-5,7-8H,6H2,1-2H3;6-7H,3-5,8-9H2,1-2H3/b4-3-;. The van der Waals surface area contributed by atoms with Gasteiger partial charge in [0.05, 0.1) is 11.4 Å². The molecule has 0 aliphatic carbocycles. The zero-order valence-electron chi connectivity index (χ0n) is 18.8. The fourth-order valence-corrected chi connectivity index (χ4v) is 3.62. The summed E-state index contributed by atoms with van der Waals surface area (Å²) in [7, 11) is 0. The van der Waals surface area contributed by atoms with Crippen LogP contribution in [-0.2, 0) is 12.8 Å². The van der Waals surface area contributed by atoms with Crippen LogP contribution in [0.5, 0.6) is 0 Å². The molecule has 1 saturated heterocycles. The minimum atomic E-state index is -0.543. The number of aryl methyl sites for hydroxylation is 2. The average molecular weight is 423 g/mol. The monoisotopic (exact) mass is 422 g/mol. The highest BCUT2D eigenvalue weighted by Gasteiger charge is 2.14. The zero-order chi connectivity index (χ0) is 22.2. The second kappa shape index (κ2) is 10.8. The molecule has 1 aliphatic heterocycles. The van der Waals surface area contributed by atoms with Gasteiger partial charge < -0.3 is 4.90 Å². The van der Waals surface area contributed by atoms with Crippen molar-refractivity contribution in [1.82, 2.24) is 25.0 Å². The van der Waals surface area contributed by atoms with E-state index in [-0.39, 0.29) is 0 Å². The molecule has 7 heteroatoms. The molecule has 0 radical (unpaired) electrons. The highest BCUT2D eigenvalue weighted by Crippen LogP contribution is 2.19. The molecule has 0 unspecified atom stereocenters. The highest BCUT2D eigenvalue weighted by molar-refractivity contribution is 5.42. The summed E-state index contributed by atoms with van der Waals surface area (Å²) in [6, 6.07) is 7.68. The lowest BCUT2D eigenvalue weighted by atomic mass is 10.1. The number of allylic oxidation sites excluding steroid dienone is 2. The minimum absolute atomic E-state index is 0.323. The van der Waals surface area contributed by atoms with Gasteiger partial charge in [0.1, 0.15) is 11.5 Å². The first kappa shape index (κ1) is 22.6. The Labute approximate surface area is 183 Å². The maximum atomic E-state index is 13.5. The Morgan fingerprint density at radius 3 is 2.55 bits per heavy atom. The Balaban J connectivity index is 0.000000179. The Bertz CT molecular complexity index is 1020. The van der Waals surface area contributed by atoms with Crippen LogP contribution in [0.3, 0.4) is 0 Å². The number of pyridine rings is 2. The highest BCUT2D eigenvalue weighted by atomic mass is 19.1. The molecule has 0 bridgehead atoms. The quantitative estimate of drug-likeness (QED) is 0.437. The Morgan fingerprint density at radius 1 is 1.13 bits per heavy atom. The number of hydrogen-bond acceptors (Lipinski definition) is 5. The normalized spacial score (nSPS) is 13.5. The van der Waals surface area contributed by atoms with E-state index in [9.17, 15) is 4.39 Å². The summed E-state index contributed by atoms with van der Waals surface area (Å²) in [5.41, 5.74) is 4.55. The van der Waals surface area contributed by atoms with Crippen LogP contribution in [0, 0.1) is 19.8 Å². The van der Waals surface area contributed by atoms with Gasteiger partial charge in [-0.05, 0) is 63.8 Å². The van der Waals surface area contributed by atoms with Gasteiger partial charge in [0.15, 0.2) is 0 Å². The third kappa shape index (κ3) is 5.54. The first-order valence-corrected chi connectivity index (χ1v) is 10.9. The van der Waals surface area contributed by atoms with E-state index < -0.39 is 5.95 Å². The number of anilines is 1. The van der Waals surface area contributed by atoms with Crippen LogP contribution in [0.2, 0.25) is 0 Å². The van der Waals surface area contributed by atoms with E-state index >= 15 is 0 Å². The zero-order valence-corrected chi connectivity index (χ0v) is 18.8. The van der Waals surface area contributed by atoms with Gasteiger partial charge in [0.2, 0.25) is 5.95 Å². The molecular weight excluding hydrogens is 391 g/mol. The molecule has 0 saturated carbocycles. The predicted octanol–water partition coefficient (Wildman–Crippen LogP) is 4.78. The van der Waals surface area contributed by atoms with Crippen LogP contribution >= 0.6 is 0 Å². The van der Waals surface area contributed by atoms with Gasteiger partial charge in [0, 0.05) is 31.4 Å². The minimum Gasteiger partial charge on any atom is -0.357 e. The third-order valence-corrected chi connectivity index (χ3v) is 5.50. The molecule has 164 valence electrons. The lowest BCUT2D eigenvalue weighted by Gasteiger charge is -2.17. The molecule has 0 N–H and O–H groups in total. The summed E-state index contributed by atoms with van der Waals surface area (Å²) in [4.78, 5) is 10.6. The van der Waals surface area contributed by atoms with Crippen LogP contribution in [0.15, 0.2) is 42.6 Å². The van der Waals surface area contributed by atoms with Crippen LogP contribution in [-0.4, -0.2) is 38.1 Å². The van der Waals surface area contributed by atoms with E-state index in [2.05, 4.69) is 51.2 Å². The molecule has 0 aromatic carbocycles. The lowest BCUT2D eigenvalue weighted by Crippen LogP contribution is -2.19. The van der Waals surface area contributed by atoms with Crippen molar-refractivity contribution < 1.29 is 4.39 Å². The van der Waals surface area contributed by atoms with E-state index in [4.69, 9.17) is 0 Å². The van der Waals surface area contributed by atoms with Gasteiger partial charge in [-0.2, -0.15) is 4.39 Å². The van der Waals surface area contributed by atoms with Gasteiger partial charge in [-0.25, -0.2) is 14.6 Å². The third-order valence-electron chi connectivity index (χ3n) is 5.50. The molecule has 3 aromatic heterocycles. The average Bonchev–Trinajstić information content (AvgIpc) is 3.44. The van der Waals surface area contributed by atoms with Gasteiger partial charge >= 0.3 is 0 Å². The molecule has 0 amide bonds. The first-order valence-electron chi connectivity index (χ1n) is 10.9. The smallest absolute Gasteiger partial charge is 0.238 e. The summed E-state index contributed by atoms with van der Waals surface area (Å²) in [5.74, 6) is 0.621. The van der Waals surface area contributed by atoms with Gasteiger partial charge in [-0.15, -0.1) is 5.10 Å². The van der Waals surface area contributed by atoms with Crippen molar-refractivity contribution in [1.29, 1.82) is 0 Å². The van der Waals surface area contributed by atoms with E-state index in [1.165, 1.54) is 48.1 Å².